The van der Waals surface area contributed by atoms with Crippen molar-refractivity contribution in [2.24, 2.45) is 5.73 Å². The standard InChI is InChI=1S/C14H13ClN2S/c15-12-8-6-11(7-9-12)13(18-14(16)17)10-4-2-1-3-5-10/h1-9,13H,(H3,16,17)/t13-/m0/s1. The van der Waals surface area contributed by atoms with E-state index in [0.29, 0.717) is 5.02 Å². The van der Waals surface area contributed by atoms with Gasteiger partial charge in [0, 0.05) is 5.02 Å². The van der Waals surface area contributed by atoms with E-state index in [1.165, 1.54) is 11.8 Å². The Morgan fingerprint density at radius 3 is 2.11 bits per heavy atom. The van der Waals surface area contributed by atoms with Gasteiger partial charge < -0.3 is 5.73 Å². The third-order valence-corrected chi connectivity index (χ3v) is 3.81. The van der Waals surface area contributed by atoms with Gasteiger partial charge in [0.05, 0.1) is 5.25 Å². The number of hydrogen-bond acceptors (Lipinski definition) is 2. The first-order valence-corrected chi connectivity index (χ1v) is 6.73. The predicted octanol–water partition coefficient (Wildman–Crippen LogP) is 4.06. The van der Waals surface area contributed by atoms with Crippen LogP contribution in [0.1, 0.15) is 16.4 Å². The van der Waals surface area contributed by atoms with Crippen molar-refractivity contribution in [2.75, 3.05) is 0 Å². The molecule has 2 aromatic rings. The maximum Gasteiger partial charge on any atom is 0.151 e. The Bertz CT molecular complexity index is 525. The van der Waals surface area contributed by atoms with E-state index in [-0.39, 0.29) is 10.4 Å². The molecule has 0 saturated heterocycles. The van der Waals surface area contributed by atoms with Gasteiger partial charge in [-0.2, -0.15) is 0 Å². The Balaban J connectivity index is 2.36. The molecule has 0 spiro atoms. The first-order chi connectivity index (χ1) is 8.66. The highest BCUT2D eigenvalue weighted by atomic mass is 35.5. The Hall–Kier alpha value is -1.45. The van der Waals surface area contributed by atoms with E-state index in [1.807, 2.05) is 54.6 Å². The normalized spacial score (nSPS) is 12.1. The van der Waals surface area contributed by atoms with Gasteiger partial charge in [-0.25, -0.2) is 0 Å². The fourth-order valence-electron chi connectivity index (χ4n) is 1.72. The summed E-state index contributed by atoms with van der Waals surface area (Å²) >= 11 is 7.22. The molecule has 0 heterocycles. The maximum absolute atomic E-state index is 7.48. The molecule has 3 N–H and O–H groups in total. The van der Waals surface area contributed by atoms with Gasteiger partial charge in [0.2, 0.25) is 0 Å². The number of nitrogens with one attached hydrogen (secondary N) is 1. The second-order valence-corrected chi connectivity index (χ2v) is 5.41. The van der Waals surface area contributed by atoms with Gasteiger partial charge in [-0.15, -0.1) is 0 Å². The molecule has 0 aliphatic carbocycles. The molecule has 4 heteroatoms. The fraction of sp³-hybridized carbons (Fsp3) is 0.0714. The number of benzene rings is 2. The van der Waals surface area contributed by atoms with Gasteiger partial charge in [-0.1, -0.05) is 65.8 Å². The second kappa shape index (κ2) is 5.94. The van der Waals surface area contributed by atoms with E-state index in [1.54, 1.807) is 0 Å². The minimum Gasteiger partial charge on any atom is -0.379 e. The van der Waals surface area contributed by atoms with Crippen LogP contribution in [0.2, 0.25) is 5.02 Å². The van der Waals surface area contributed by atoms with Crippen molar-refractivity contribution in [1.82, 2.24) is 0 Å². The number of amidine groups is 1. The highest BCUT2D eigenvalue weighted by Gasteiger charge is 2.15. The lowest BCUT2D eigenvalue weighted by atomic mass is 10.0. The van der Waals surface area contributed by atoms with E-state index in [9.17, 15) is 0 Å². The van der Waals surface area contributed by atoms with Crippen molar-refractivity contribution in [3.05, 3.63) is 70.7 Å². The molecule has 0 unspecified atom stereocenters. The number of rotatable bonds is 3. The smallest absolute Gasteiger partial charge is 0.151 e. The summed E-state index contributed by atoms with van der Waals surface area (Å²) in [6, 6.07) is 17.7. The topological polar surface area (TPSA) is 49.9 Å². The highest BCUT2D eigenvalue weighted by molar-refractivity contribution is 8.14. The molecule has 0 aliphatic rings. The van der Waals surface area contributed by atoms with Crippen molar-refractivity contribution in [1.29, 1.82) is 5.41 Å². The van der Waals surface area contributed by atoms with Gasteiger partial charge in [0.1, 0.15) is 0 Å². The lowest BCUT2D eigenvalue weighted by molar-refractivity contribution is 1.16. The van der Waals surface area contributed by atoms with Crippen molar-refractivity contribution < 1.29 is 0 Å². The first-order valence-electron chi connectivity index (χ1n) is 5.48. The zero-order chi connectivity index (χ0) is 13.0. The summed E-state index contributed by atoms with van der Waals surface area (Å²) in [4.78, 5) is 0. The van der Waals surface area contributed by atoms with Gasteiger partial charge in [-0.3, -0.25) is 5.41 Å². The molecule has 18 heavy (non-hydrogen) atoms. The third-order valence-electron chi connectivity index (χ3n) is 2.52. The Morgan fingerprint density at radius 2 is 1.56 bits per heavy atom. The number of halogens is 1. The molecule has 0 fully saturated rings. The molecule has 0 amide bonds. The average molecular weight is 277 g/mol. The predicted molar refractivity (Wildman–Crippen MR) is 79.2 cm³/mol. The minimum atomic E-state index is 0.0287. The summed E-state index contributed by atoms with van der Waals surface area (Å²) in [7, 11) is 0. The second-order valence-electron chi connectivity index (χ2n) is 3.82. The van der Waals surface area contributed by atoms with Crippen LogP contribution in [0.3, 0.4) is 0 Å². The number of nitrogens with two attached hydrogens (primary N) is 1. The van der Waals surface area contributed by atoms with E-state index < -0.39 is 0 Å². The molecule has 2 nitrogen and oxygen atoms in total. The molecule has 0 aliphatic heterocycles. The van der Waals surface area contributed by atoms with Crippen LogP contribution in [-0.4, -0.2) is 5.17 Å². The molecule has 2 aromatic carbocycles. The van der Waals surface area contributed by atoms with Crippen LogP contribution in [0.4, 0.5) is 0 Å². The molecule has 1 atom stereocenters. The summed E-state index contributed by atoms with van der Waals surface area (Å²) in [5.74, 6) is 0. The Labute approximate surface area is 116 Å². The molecule has 0 radical (unpaired) electrons. The lowest BCUT2D eigenvalue weighted by Crippen LogP contribution is -2.08. The van der Waals surface area contributed by atoms with Crippen LogP contribution in [0, 0.1) is 5.41 Å². The van der Waals surface area contributed by atoms with Crippen molar-refractivity contribution in [3.63, 3.8) is 0 Å². The molecule has 92 valence electrons. The summed E-state index contributed by atoms with van der Waals surface area (Å²) < 4.78 is 0. The molecule has 0 saturated carbocycles. The van der Waals surface area contributed by atoms with Gasteiger partial charge >= 0.3 is 0 Å². The zero-order valence-electron chi connectivity index (χ0n) is 9.64. The van der Waals surface area contributed by atoms with E-state index >= 15 is 0 Å². The lowest BCUT2D eigenvalue weighted by Gasteiger charge is -2.16. The zero-order valence-corrected chi connectivity index (χ0v) is 11.2. The van der Waals surface area contributed by atoms with Gasteiger partial charge in [0.25, 0.3) is 0 Å². The van der Waals surface area contributed by atoms with Gasteiger partial charge in [-0.05, 0) is 23.3 Å². The minimum absolute atomic E-state index is 0.0287. The number of hydrogen-bond donors (Lipinski definition) is 2. The SMILES string of the molecule is N=C(N)S[C@@H](c1ccccc1)c1ccc(Cl)cc1. The largest absolute Gasteiger partial charge is 0.379 e. The van der Waals surface area contributed by atoms with Crippen LogP contribution in [0.5, 0.6) is 0 Å². The monoisotopic (exact) mass is 276 g/mol. The first kappa shape index (κ1) is 13.0. The molecular weight excluding hydrogens is 264 g/mol. The van der Waals surface area contributed by atoms with Crippen LogP contribution >= 0.6 is 23.4 Å². The van der Waals surface area contributed by atoms with E-state index in [2.05, 4.69) is 0 Å². The van der Waals surface area contributed by atoms with Crippen molar-refractivity contribution in [2.45, 2.75) is 5.25 Å². The Kier molecular flexibility index (Phi) is 4.28. The summed E-state index contributed by atoms with van der Waals surface area (Å²) in [6.45, 7) is 0. The van der Waals surface area contributed by atoms with E-state index in [4.69, 9.17) is 22.7 Å². The fourth-order valence-corrected chi connectivity index (χ4v) is 2.69. The third kappa shape index (κ3) is 3.28. The number of thioether (sulfide) groups is 1. The van der Waals surface area contributed by atoms with E-state index in [0.717, 1.165) is 11.1 Å². The molecule has 0 aromatic heterocycles. The summed E-state index contributed by atoms with van der Waals surface area (Å²) in [5.41, 5.74) is 7.73. The summed E-state index contributed by atoms with van der Waals surface area (Å²) in [5, 5.41) is 8.33. The average Bonchev–Trinajstić information content (AvgIpc) is 2.38. The molecule has 2 rings (SSSR count). The van der Waals surface area contributed by atoms with Gasteiger partial charge in [0.15, 0.2) is 5.17 Å². The van der Waals surface area contributed by atoms with Crippen LogP contribution in [-0.2, 0) is 0 Å². The van der Waals surface area contributed by atoms with Crippen LogP contribution in [0.15, 0.2) is 54.6 Å². The Morgan fingerprint density at radius 1 is 1.00 bits per heavy atom. The van der Waals surface area contributed by atoms with Crippen molar-refractivity contribution in [3.8, 4) is 0 Å². The molecule has 0 bridgehead atoms. The maximum atomic E-state index is 7.48. The van der Waals surface area contributed by atoms with Crippen LogP contribution < -0.4 is 5.73 Å². The highest BCUT2D eigenvalue weighted by Crippen LogP contribution is 2.35. The quantitative estimate of drug-likeness (QED) is 0.656. The summed E-state index contributed by atoms with van der Waals surface area (Å²) in [6.07, 6.45) is 0. The van der Waals surface area contributed by atoms with Crippen LogP contribution in [0.25, 0.3) is 0 Å². The molecular formula is C14H13ClN2S. The van der Waals surface area contributed by atoms with Crippen molar-refractivity contribution >= 4 is 28.5 Å².